The number of carboxylic acid groups (broad SMARTS) is 1. The summed E-state index contributed by atoms with van der Waals surface area (Å²) in [7, 11) is 1.56. The maximum Gasteiger partial charge on any atom is 0.337 e. The molecule has 30 heavy (non-hydrogen) atoms. The molecule has 154 valence electrons. The van der Waals surface area contributed by atoms with Crippen LogP contribution in [0.3, 0.4) is 0 Å². The van der Waals surface area contributed by atoms with E-state index in [1.807, 2.05) is 6.07 Å². The van der Waals surface area contributed by atoms with Crippen LogP contribution in [-0.4, -0.2) is 24.4 Å². The van der Waals surface area contributed by atoms with Crippen molar-refractivity contribution < 1.29 is 19.4 Å². The van der Waals surface area contributed by atoms with Crippen molar-refractivity contribution in [1.29, 1.82) is 0 Å². The maximum absolute atomic E-state index is 11.3. The van der Waals surface area contributed by atoms with Crippen molar-refractivity contribution in [3.63, 3.8) is 0 Å². The van der Waals surface area contributed by atoms with E-state index >= 15 is 0 Å². The van der Waals surface area contributed by atoms with Crippen molar-refractivity contribution in [3.05, 3.63) is 87.4 Å². The highest BCUT2D eigenvalue weighted by Crippen LogP contribution is 2.29. The van der Waals surface area contributed by atoms with Crippen LogP contribution >= 0.6 is 23.2 Å². The summed E-state index contributed by atoms with van der Waals surface area (Å²) >= 11 is 12.0. The van der Waals surface area contributed by atoms with E-state index in [0.29, 0.717) is 27.2 Å². The lowest BCUT2D eigenvalue weighted by Gasteiger charge is -2.12. The Bertz CT molecular complexity index is 1090. The highest BCUT2D eigenvalue weighted by Gasteiger charge is 2.09. The Morgan fingerprint density at radius 1 is 1.07 bits per heavy atom. The summed E-state index contributed by atoms with van der Waals surface area (Å²) in [6.07, 6.45) is 1.56. The van der Waals surface area contributed by atoms with Gasteiger partial charge >= 0.3 is 5.97 Å². The Labute approximate surface area is 183 Å². The number of nitrogens with one attached hydrogen (secondary N) is 1. The Morgan fingerprint density at radius 2 is 1.87 bits per heavy atom. The number of ether oxygens (including phenoxy) is 2. The molecule has 8 heteroatoms. The minimum atomic E-state index is -1.03. The average molecular weight is 445 g/mol. The zero-order valence-electron chi connectivity index (χ0n) is 15.9. The van der Waals surface area contributed by atoms with Crippen molar-refractivity contribution >= 4 is 41.1 Å². The molecule has 0 aliphatic heterocycles. The first-order chi connectivity index (χ1) is 14.5. The summed E-state index contributed by atoms with van der Waals surface area (Å²) in [6.45, 7) is 0.276. The molecular weight excluding hydrogens is 427 g/mol. The van der Waals surface area contributed by atoms with Crippen LogP contribution in [-0.2, 0) is 6.61 Å². The standard InChI is InChI=1S/C22H18Cl2N2O4/c1-29-20-9-7-14(12-25-26-19-5-3-2-4-16(19)22(27)28)11-21(20)30-13-15-6-8-17(23)18(24)10-15/h2-12,26H,13H2,1H3,(H,27,28). The Hall–Kier alpha value is -3.22. The van der Waals surface area contributed by atoms with Gasteiger partial charge in [-0.3, -0.25) is 5.43 Å². The number of hydrogen-bond donors (Lipinski definition) is 2. The third-order valence-electron chi connectivity index (χ3n) is 4.12. The quantitative estimate of drug-likeness (QED) is 0.342. The fraction of sp³-hybridized carbons (Fsp3) is 0.0909. The van der Waals surface area contributed by atoms with E-state index in [2.05, 4.69) is 10.5 Å². The topological polar surface area (TPSA) is 80.2 Å². The Kier molecular flexibility index (Phi) is 7.17. The van der Waals surface area contributed by atoms with E-state index in [1.165, 1.54) is 6.07 Å². The van der Waals surface area contributed by atoms with Crippen molar-refractivity contribution in [3.8, 4) is 11.5 Å². The van der Waals surface area contributed by atoms with Gasteiger partial charge in [0.15, 0.2) is 11.5 Å². The first kappa shape index (κ1) is 21.5. The van der Waals surface area contributed by atoms with E-state index in [0.717, 1.165) is 11.1 Å². The van der Waals surface area contributed by atoms with Gasteiger partial charge in [-0.1, -0.05) is 41.4 Å². The number of rotatable bonds is 8. The predicted octanol–water partition coefficient (Wildman–Crippen LogP) is 5.73. The number of para-hydroxylation sites is 1. The van der Waals surface area contributed by atoms with Gasteiger partial charge in [0.05, 0.1) is 34.6 Å². The normalized spacial score (nSPS) is 10.8. The molecule has 0 aromatic heterocycles. The van der Waals surface area contributed by atoms with Gasteiger partial charge in [0, 0.05) is 0 Å². The molecule has 0 spiro atoms. The molecule has 0 aliphatic rings. The maximum atomic E-state index is 11.3. The van der Waals surface area contributed by atoms with E-state index in [-0.39, 0.29) is 12.2 Å². The smallest absolute Gasteiger partial charge is 0.337 e. The van der Waals surface area contributed by atoms with Crippen molar-refractivity contribution in [2.75, 3.05) is 12.5 Å². The highest BCUT2D eigenvalue weighted by molar-refractivity contribution is 6.42. The Morgan fingerprint density at radius 3 is 2.60 bits per heavy atom. The third kappa shape index (κ3) is 5.43. The molecule has 0 radical (unpaired) electrons. The molecule has 0 unspecified atom stereocenters. The summed E-state index contributed by atoms with van der Waals surface area (Å²) in [4.78, 5) is 11.3. The SMILES string of the molecule is COc1ccc(C=NNc2ccccc2C(=O)O)cc1OCc1ccc(Cl)c(Cl)c1. The molecule has 0 saturated carbocycles. The number of carbonyl (C=O) groups is 1. The number of hydrazone groups is 1. The van der Waals surface area contributed by atoms with Gasteiger partial charge in [0.2, 0.25) is 0 Å². The second kappa shape index (κ2) is 10.0. The minimum Gasteiger partial charge on any atom is -0.493 e. The largest absolute Gasteiger partial charge is 0.493 e. The second-order valence-electron chi connectivity index (χ2n) is 6.17. The van der Waals surface area contributed by atoms with Crippen molar-refractivity contribution in [2.45, 2.75) is 6.61 Å². The van der Waals surface area contributed by atoms with Crippen LogP contribution in [0, 0.1) is 0 Å². The molecule has 2 N–H and O–H groups in total. The lowest BCUT2D eigenvalue weighted by molar-refractivity contribution is 0.0698. The lowest BCUT2D eigenvalue weighted by Crippen LogP contribution is -2.02. The number of aromatic carboxylic acids is 1. The predicted molar refractivity (Wildman–Crippen MR) is 118 cm³/mol. The van der Waals surface area contributed by atoms with Crippen LogP contribution in [0.25, 0.3) is 0 Å². The highest BCUT2D eigenvalue weighted by atomic mass is 35.5. The molecular formula is C22H18Cl2N2O4. The van der Waals surface area contributed by atoms with Gasteiger partial charge in [0.25, 0.3) is 0 Å². The number of hydrogen-bond acceptors (Lipinski definition) is 5. The van der Waals surface area contributed by atoms with Gasteiger partial charge in [-0.2, -0.15) is 5.10 Å². The molecule has 0 amide bonds. The zero-order chi connectivity index (χ0) is 21.5. The van der Waals surface area contributed by atoms with Crippen LogP contribution in [0.1, 0.15) is 21.5 Å². The molecule has 6 nitrogen and oxygen atoms in total. The lowest BCUT2D eigenvalue weighted by atomic mass is 10.2. The molecule has 0 heterocycles. The van der Waals surface area contributed by atoms with Crippen LogP contribution in [0.4, 0.5) is 5.69 Å². The minimum absolute atomic E-state index is 0.134. The molecule has 0 fully saturated rings. The first-order valence-corrected chi connectivity index (χ1v) is 9.59. The number of benzene rings is 3. The van der Waals surface area contributed by atoms with E-state index < -0.39 is 5.97 Å². The zero-order valence-corrected chi connectivity index (χ0v) is 17.4. The summed E-state index contributed by atoms with van der Waals surface area (Å²) in [6, 6.07) is 17.1. The Balaban J connectivity index is 1.73. The third-order valence-corrected chi connectivity index (χ3v) is 4.86. The van der Waals surface area contributed by atoms with Crippen molar-refractivity contribution in [2.24, 2.45) is 5.10 Å². The molecule has 3 rings (SSSR count). The van der Waals surface area contributed by atoms with E-state index in [9.17, 15) is 9.90 Å². The van der Waals surface area contributed by atoms with Gasteiger partial charge < -0.3 is 14.6 Å². The molecule has 0 bridgehead atoms. The number of carboxylic acids is 1. The van der Waals surface area contributed by atoms with Gasteiger partial charge in [-0.15, -0.1) is 0 Å². The average Bonchev–Trinajstić information content (AvgIpc) is 2.75. The summed E-state index contributed by atoms with van der Waals surface area (Å²) in [5.74, 6) is 0.0607. The fourth-order valence-corrected chi connectivity index (χ4v) is 2.94. The second-order valence-corrected chi connectivity index (χ2v) is 6.98. The van der Waals surface area contributed by atoms with Gasteiger partial charge in [-0.05, 0) is 53.6 Å². The van der Waals surface area contributed by atoms with Crippen molar-refractivity contribution in [1.82, 2.24) is 0 Å². The number of halogens is 2. The number of anilines is 1. The molecule has 0 saturated heterocycles. The van der Waals surface area contributed by atoms with Crippen LogP contribution in [0.2, 0.25) is 10.0 Å². The molecule has 0 atom stereocenters. The van der Waals surface area contributed by atoms with Crippen LogP contribution in [0.15, 0.2) is 65.8 Å². The molecule has 3 aromatic rings. The summed E-state index contributed by atoms with van der Waals surface area (Å²) < 4.78 is 11.2. The number of nitrogens with zero attached hydrogens (tertiary/aromatic N) is 1. The summed E-state index contributed by atoms with van der Waals surface area (Å²) in [5.41, 5.74) is 4.87. The monoisotopic (exact) mass is 444 g/mol. The van der Waals surface area contributed by atoms with Gasteiger partial charge in [0.1, 0.15) is 6.61 Å². The fourth-order valence-electron chi connectivity index (χ4n) is 2.62. The first-order valence-electron chi connectivity index (χ1n) is 8.84. The molecule has 3 aromatic carbocycles. The molecule has 0 aliphatic carbocycles. The number of methoxy groups -OCH3 is 1. The van der Waals surface area contributed by atoms with Crippen LogP contribution < -0.4 is 14.9 Å². The summed E-state index contributed by atoms with van der Waals surface area (Å²) in [5, 5.41) is 14.3. The van der Waals surface area contributed by atoms with E-state index in [1.54, 1.807) is 61.9 Å². The van der Waals surface area contributed by atoms with Crippen LogP contribution in [0.5, 0.6) is 11.5 Å². The van der Waals surface area contributed by atoms with Gasteiger partial charge in [-0.25, -0.2) is 4.79 Å². The van der Waals surface area contributed by atoms with E-state index in [4.69, 9.17) is 32.7 Å².